The van der Waals surface area contributed by atoms with Crippen LogP contribution in [0.15, 0.2) is 22.7 Å². The lowest BCUT2D eigenvalue weighted by Crippen LogP contribution is -2.04. The first kappa shape index (κ1) is 8.86. The number of para-hydroxylation sites is 1. The third-order valence-electron chi connectivity index (χ3n) is 1.83. The fourth-order valence-electron chi connectivity index (χ4n) is 1.20. The van der Waals surface area contributed by atoms with Gasteiger partial charge in [0.15, 0.2) is 11.4 Å². The molecule has 3 nitrogen and oxygen atoms in total. The van der Waals surface area contributed by atoms with Crippen molar-refractivity contribution >= 4 is 16.8 Å². The SMILES string of the molecule is Nc1noc2c(C(F)(F)F)cccc12. The molecule has 14 heavy (non-hydrogen) atoms. The zero-order valence-corrected chi connectivity index (χ0v) is 6.80. The van der Waals surface area contributed by atoms with Gasteiger partial charge in [0.2, 0.25) is 0 Å². The molecular formula is C8H5F3N2O. The van der Waals surface area contributed by atoms with E-state index in [2.05, 4.69) is 9.68 Å². The fourth-order valence-corrected chi connectivity index (χ4v) is 1.20. The normalized spacial score (nSPS) is 12.2. The second kappa shape index (κ2) is 2.63. The van der Waals surface area contributed by atoms with Gasteiger partial charge in [-0.05, 0) is 12.1 Å². The highest BCUT2D eigenvalue weighted by Crippen LogP contribution is 2.35. The second-order valence-electron chi connectivity index (χ2n) is 2.75. The number of benzene rings is 1. The number of nitrogens with two attached hydrogens (primary N) is 1. The molecule has 0 amide bonds. The summed E-state index contributed by atoms with van der Waals surface area (Å²) in [5, 5.41) is 3.45. The molecule has 0 radical (unpaired) electrons. The Bertz CT molecular complexity index is 475. The summed E-state index contributed by atoms with van der Waals surface area (Å²) in [6.07, 6.45) is -4.45. The van der Waals surface area contributed by atoms with Crippen LogP contribution in [0.1, 0.15) is 5.56 Å². The molecule has 6 heteroatoms. The lowest BCUT2D eigenvalue weighted by atomic mass is 10.1. The molecule has 2 N–H and O–H groups in total. The molecule has 1 aromatic heterocycles. The summed E-state index contributed by atoms with van der Waals surface area (Å²) >= 11 is 0. The van der Waals surface area contributed by atoms with Crippen LogP contribution in [0.25, 0.3) is 11.0 Å². The Hall–Kier alpha value is -1.72. The van der Waals surface area contributed by atoms with Gasteiger partial charge in [-0.25, -0.2) is 0 Å². The minimum atomic E-state index is -4.45. The lowest BCUT2D eigenvalue weighted by Gasteiger charge is -2.05. The van der Waals surface area contributed by atoms with Crippen LogP contribution < -0.4 is 5.73 Å². The topological polar surface area (TPSA) is 52.0 Å². The van der Waals surface area contributed by atoms with Crippen molar-refractivity contribution in [3.05, 3.63) is 23.8 Å². The zero-order valence-electron chi connectivity index (χ0n) is 6.80. The standard InChI is InChI=1S/C8H5F3N2O/c9-8(10,11)5-3-1-2-4-6(5)14-13-7(4)12/h1-3H,(H2,12,13). The molecule has 0 unspecified atom stereocenters. The first-order valence-electron chi connectivity index (χ1n) is 3.71. The van der Waals surface area contributed by atoms with Gasteiger partial charge in [0, 0.05) is 0 Å². The molecule has 0 aliphatic rings. The number of hydrogen-bond donors (Lipinski definition) is 1. The maximum absolute atomic E-state index is 12.4. The van der Waals surface area contributed by atoms with E-state index in [1.165, 1.54) is 12.1 Å². The van der Waals surface area contributed by atoms with E-state index in [9.17, 15) is 13.2 Å². The Morgan fingerprint density at radius 1 is 1.29 bits per heavy atom. The average Bonchev–Trinajstić information content (AvgIpc) is 2.46. The maximum Gasteiger partial charge on any atom is 0.420 e. The number of fused-ring (bicyclic) bond motifs is 1. The number of nitrogens with zero attached hydrogens (tertiary/aromatic N) is 1. The molecule has 0 aliphatic heterocycles. The minimum Gasteiger partial charge on any atom is -0.380 e. The van der Waals surface area contributed by atoms with Crippen molar-refractivity contribution in [2.24, 2.45) is 0 Å². The van der Waals surface area contributed by atoms with E-state index in [1.807, 2.05) is 0 Å². The van der Waals surface area contributed by atoms with Crippen LogP contribution >= 0.6 is 0 Å². The third kappa shape index (κ3) is 1.19. The van der Waals surface area contributed by atoms with E-state index >= 15 is 0 Å². The summed E-state index contributed by atoms with van der Waals surface area (Å²) in [5.74, 6) is -0.0360. The van der Waals surface area contributed by atoms with Gasteiger partial charge in [-0.15, -0.1) is 0 Å². The molecule has 0 saturated carbocycles. The second-order valence-corrected chi connectivity index (χ2v) is 2.75. The third-order valence-corrected chi connectivity index (χ3v) is 1.83. The van der Waals surface area contributed by atoms with Gasteiger partial charge in [0.1, 0.15) is 5.56 Å². The summed E-state index contributed by atoms with van der Waals surface area (Å²) in [6, 6.07) is 3.61. The molecule has 1 aromatic carbocycles. The molecular weight excluding hydrogens is 197 g/mol. The largest absolute Gasteiger partial charge is 0.420 e. The minimum absolute atomic E-state index is 0.0360. The quantitative estimate of drug-likeness (QED) is 0.713. The van der Waals surface area contributed by atoms with Crippen LogP contribution in [0.3, 0.4) is 0 Å². The molecule has 2 rings (SSSR count). The molecule has 1 heterocycles. The van der Waals surface area contributed by atoms with Gasteiger partial charge < -0.3 is 10.3 Å². The maximum atomic E-state index is 12.4. The van der Waals surface area contributed by atoms with Crippen LogP contribution in [0.2, 0.25) is 0 Å². The van der Waals surface area contributed by atoms with Gasteiger partial charge in [-0.2, -0.15) is 13.2 Å². The van der Waals surface area contributed by atoms with E-state index in [1.54, 1.807) is 0 Å². The predicted molar refractivity (Wildman–Crippen MR) is 43.4 cm³/mol. The van der Waals surface area contributed by atoms with Crippen molar-refractivity contribution < 1.29 is 17.7 Å². The molecule has 0 bridgehead atoms. The van der Waals surface area contributed by atoms with Crippen molar-refractivity contribution in [1.82, 2.24) is 5.16 Å². The molecule has 0 spiro atoms. The highest BCUT2D eigenvalue weighted by Gasteiger charge is 2.34. The Balaban J connectivity index is 2.79. The highest BCUT2D eigenvalue weighted by molar-refractivity contribution is 5.89. The van der Waals surface area contributed by atoms with Crippen LogP contribution in [0.4, 0.5) is 19.0 Å². The van der Waals surface area contributed by atoms with Gasteiger partial charge in [0.25, 0.3) is 0 Å². The van der Waals surface area contributed by atoms with E-state index < -0.39 is 11.7 Å². The Morgan fingerprint density at radius 3 is 2.64 bits per heavy atom. The Morgan fingerprint density at radius 2 is 2.00 bits per heavy atom. The van der Waals surface area contributed by atoms with E-state index in [-0.39, 0.29) is 16.8 Å². The number of alkyl halides is 3. The number of hydrogen-bond acceptors (Lipinski definition) is 3. The van der Waals surface area contributed by atoms with E-state index in [4.69, 9.17) is 5.73 Å². The number of anilines is 1. The summed E-state index contributed by atoms with van der Waals surface area (Å²) in [7, 11) is 0. The first-order chi connectivity index (χ1) is 6.50. The molecule has 2 aromatic rings. The number of halogens is 3. The number of nitrogen functional groups attached to an aromatic ring is 1. The van der Waals surface area contributed by atoms with Crippen molar-refractivity contribution in [2.75, 3.05) is 5.73 Å². The van der Waals surface area contributed by atoms with Gasteiger partial charge in [0.05, 0.1) is 5.39 Å². The average molecular weight is 202 g/mol. The van der Waals surface area contributed by atoms with Crippen LogP contribution in [-0.4, -0.2) is 5.16 Å². The highest BCUT2D eigenvalue weighted by atomic mass is 19.4. The molecule has 0 aliphatic carbocycles. The molecule has 0 fully saturated rings. The first-order valence-corrected chi connectivity index (χ1v) is 3.71. The van der Waals surface area contributed by atoms with Crippen LogP contribution in [0, 0.1) is 0 Å². The van der Waals surface area contributed by atoms with Gasteiger partial charge >= 0.3 is 6.18 Å². The summed E-state index contributed by atoms with van der Waals surface area (Å²) < 4.78 is 41.7. The summed E-state index contributed by atoms with van der Waals surface area (Å²) in [6.45, 7) is 0. The van der Waals surface area contributed by atoms with Gasteiger partial charge in [-0.3, -0.25) is 0 Å². The molecule has 74 valence electrons. The lowest BCUT2D eigenvalue weighted by molar-refractivity contribution is -0.137. The van der Waals surface area contributed by atoms with Crippen LogP contribution in [-0.2, 0) is 6.18 Å². The predicted octanol–water partition coefficient (Wildman–Crippen LogP) is 2.43. The Labute approximate surface area is 76.3 Å². The van der Waals surface area contributed by atoms with Crippen molar-refractivity contribution in [3.8, 4) is 0 Å². The monoisotopic (exact) mass is 202 g/mol. The zero-order chi connectivity index (χ0) is 10.3. The Kier molecular flexibility index (Phi) is 1.67. The van der Waals surface area contributed by atoms with Crippen molar-refractivity contribution in [2.45, 2.75) is 6.18 Å². The number of rotatable bonds is 0. The van der Waals surface area contributed by atoms with Gasteiger partial charge in [-0.1, -0.05) is 11.2 Å². The van der Waals surface area contributed by atoms with Crippen molar-refractivity contribution in [3.63, 3.8) is 0 Å². The van der Waals surface area contributed by atoms with E-state index in [0.29, 0.717) is 0 Å². The van der Waals surface area contributed by atoms with Crippen molar-refractivity contribution in [1.29, 1.82) is 0 Å². The molecule has 0 saturated heterocycles. The fraction of sp³-hybridized carbons (Fsp3) is 0.125. The summed E-state index contributed by atoms with van der Waals surface area (Å²) in [5.41, 5.74) is 4.13. The van der Waals surface area contributed by atoms with E-state index in [0.717, 1.165) is 6.07 Å². The molecule has 0 atom stereocenters. The smallest absolute Gasteiger partial charge is 0.380 e. The van der Waals surface area contributed by atoms with Crippen LogP contribution in [0.5, 0.6) is 0 Å². The summed E-state index contributed by atoms with van der Waals surface area (Å²) in [4.78, 5) is 0. The number of aromatic nitrogens is 1.